The number of hydrogen-bond acceptors (Lipinski definition) is 14. The molecule has 0 unspecified atom stereocenters. The van der Waals surface area contributed by atoms with E-state index in [-0.39, 0.29) is 64.9 Å². The highest BCUT2D eigenvalue weighted by atomic mass is 35.5. The van der Waals surface area contributed by atoms with Gasteiger partial charge in [0.2, 0.25) is 23.5 Å². The number of nitrogens with zero attached hydrogens (tertiary/aromatic N) is 7. The predicted molar refractivity (Wildman–Crippen MR) is 189 cm³/mol. The minimum atomic E-state index is -1.32. The Kier molecular flexibility index (Phi) is 12.4. The molecule has 1 aliphatic heterocycles. The normalized spacial score (nSPS) is 11.6. The van der Waals surface area contributed by atoms with Gasteiger partial charge in [-0.05, 0) is 31.0 Å². The topological polar surface area (TPSA) is 193 Å². The average molecular weight is 769 g/mol. The summed E-state index contributed by atoms with van der Waals surface area (Å²) in [5.41, 5.74) is -0.0786. The number of carbonyl (C=O) groups is 1. The van der Waals surface area contributed by atoms with Crippen LogP contribution in [-0.2, 0) is 13.0 Å². The Balaban J connectivity index is 0.000000216. The van der Waals surface area contributed by atoms with E-state index in [0.717, 1.165) is 25.1 Å². The average Bonchev–Trinajstić information content (AvgIpc) is 3.49. The van der Waals surface area contributed by atoms with Crippen molar-refractivity contribution in [3.8, 4) is 70.8 Å². The highest BCUT2D eigenvalue weighted by Crippen LogP contribution is 2.35. The van der Waals surface area contributed by atoms with E-state index in [1.807, 2.05) is 0 Å². The first-order valence-corrected chi connectivity index (χ1v) is 16.2. The number of carboxylic acid groups (broad SMARTS) is 1. The van der Waals surface area contributed by atoms with Gasteiger partial charge in [-0.3, -0.25) is 4.57 Å². The minimum absolute atomic E-state index is 0.0788. The summed E-state index contributed by atoms with van der Waals surface area (Å²) >= 11 is 12.3. The third-order valence-electron chi connectivity index (χ3n) is 7.27. The quantitative estimate of drug-likeness (QED) is 0.161. The molecule has 0 saturated heterocycles. The number of benzene rings is 2. The minimum Gasteiger partial charge on any atom is -0.481 e. The highest BCUT2D eigenvalue weighted by molar-refractivity contribution is 6.36. The molecular weight excluding hydrogens is 737 g/mol. The maximum atomic E-state index is 12.5. The zero-order chi connectivity index (χ0) is 38.1. The zero-order valence-electron chi connectivity index (χ0n) is 28.7. The van der Waals surface area contributed by atoms with Crippen molar-refractivity contribution < 1.29 is 43.1 Å². The molecule has 0 amide bonds. The van der Waals surface area contributed by atoms with Gasteiger partial charge in [-0.25, -0.2) is 9.59 Å². The van der Waals surface area contributed by atoms with Crippen molar-refractivity contribution >= 4 is 29.2 Å². The van der Waals surface area contributed by atoms with Crippen molar-refractivity contribution in [2.24, 2.45) is 0 Å². The number of hydrogen-bond donors (Lipinski definition) is 1. The van der Waals surface area contributed by atoms with Crippen LogP contribution in [0.3, 0.4) is 0 Å². The molecule has 19 heteroatoms. The van der Waals surface area contributed by atoms with Gasteiger partial charge in [0, 0.05) is 19.0 Å². The first-order chi connectivity index (χ1) is 25.6. The van der Waals surface area contributed by atoms with Crippen LogP contribution in [-0.4, -0.2) is 80.4 Å². The molecule has 17 nitrogen and oxygen atoms in total. The van der Waals surface area contributed by atoms with E-state index >= 15 is 0 Å². The Morgan fingerprint density at radius 3 is 1.85 bits per heavy atom. The van der Waals surface area contributed by atoms with E-state index < -0.39 is 5.97 Å². The van der Waals surface area contributed by atoms with Gasteiger partial charge in [-0.1, -0.05) is 35.2 Å². The van der Waals surface area contributed by atoms with Gasteiger partial charge in [0.25, 0.3) is 0 Å². The summed E-state index contributed by atoms with van der Waals surface area (Å²) in [6.45, 7) is 0.759. The molecule has 2 aromatic carbocycles. The van der Waals surface area contributed by atoms with Gasteiger partial charge >= 0.3 is 23.7 Å². The summed E-state index contributed by atoms with van der Waals surface area (Å²) in [6, 6.07) is 9.97. The molecule has 0 radical (unpaired) electrons. The number of aromatic nitrogens is 7. The monoisotopic (exact) mass is 767 g/mol. The molecule has 276 valence electrons. The van der Waals surface area contributed by atoms with Crippen LogP contribution in [0.15, 0.2) is 47.3 Å². The summed E-state index contributed by atoms with van der Waals surface area (Å²) in [6.07, 6.45) is 7.97. The third-order valence-corrected chi connectivity index (χ3v) is 7.87. The number of terminal acetylenes is 1. The maximum absolute atomic E-state index is 12.5. The summed E-state index contributed by atoms with van der Waals surface area (Å²) in [7, 11) is 5.63. The lowest BCUT2D eigenvalue weighted by Crippen LogP contribution is -2.26. The van der Waals surface area contributed by atoms with E-state index in [1.165, 1.54) is 69.5 Å². The Hall–Kier alpha value is -6.25. The Morgan fingerprint density at radius 2 is 1.38 bits per heavy atom. The molecule has 4 heterocycles. The van der Waals surface area contributed by atoms with E-state index in [0.29, 0.717) is 28.0 Å². The van der Waals surface area contributed by atoms with Crippen molar-refractivity contribution in [2.45, 2.75) is 25.8 Å². The number of aryl methyl sites for hydroxylation is 1. The first-order valence-electron chi connectivity index (χ1n) is 15.5. The van der Waals surface area contributed by atoms with Crippen LogP contribution in [0.25, 0.3) is 5.69 Å². The second-order valence-electron chi connectivity index (χ2n) is 10.6. The largest absolute Gasteiger partial charge is 0.481 e. The molecule has 0 atom stereocenters. The highest BCUT2D eigenvalue weighted by Gasteiger charge is 2.23. The molecule has 53 heavy (non-hydrogen) atoms. The predicted octanol–water partition coefficient (Wildman–Crippen LogP) is 5.27. The SMILES string of the molecule is C#CCOc1cc(-n2nc3n(c2=O)CCCC3)c(Cl)cc1Cl.COc1cc(OC)nc(Oc2cccc(Oc3nc(OC)cc(OC)n3)c2C(=O)O)n1. The summed E-state index contributed by atoms with van der Waals surface area (Å²) in [5, 5.41) is 14.8. The fourth-order valence-electron chi connectivity index (χ4n) is 4.83. The van der Waals surface area contributed by atoms with E-state index in [4.69, 9.17) is 62.8 Å². The van der Waals surface area contributed by atoms with Crippen molar-refractivity contribution in [1.29, 1.82) is 0 Å². The molecule has 1 N–H and O–H groups in total. The van der Waals surface area contributed by atoms with Crippen LogP contribution in [0.4, 0.5) is 0 Å². The molecule has 0 fully saturated rings. The van der Waals surface area contributed by atoms with Gasteiger partial charge in [0.15, 0.2) is 0 Å². The van der Waals surface area contributed by atoms with Crippen molar-refractivity contribution in [1.82, 2.24) is 34.3 Å². The number of rotatable bonds is 12. The van der Waals surface area contributed by atoms with Crippen LogP contribution < -0.4 is 38.8 Å². The van der Waals surface area contributed by atoms with Gasteiger partial charge in [0.1, 0.15) is 35.2 Å². The number of carboxylic acids is 1. The molecule has 5 aromatic rings. The number of methoxy groups -OCH3 is 4. The maximum Gasteiger partial charge on any atom is 0.350 e. The zero-order valence-corrected chi connectivity index (χ0v) is 30.2. The summed E-state index contributed by atoms with van der Waals surface area (Å²) in [5.74, 6) is 2.69. The van der Waals surface area contributed by atoms with Crippen LogP contribution >= 0.6 is 23.2 Å². The molecule has 1 aliphatic rings. The van der Waals surface area contributed by atoms with Gasteiger partial charge < -0.3 is 38.3 Å². The molecule has 0 spiro atoms. The fraction of sp³-hybridized carbons (Fsp3) is 0.265. The van der Waals surface area contributed by atoms with E-state index in [2.05, 4.69) is 31.0 Å². The van der Waals surface area contributed by atoms with Crippen molar-refractivity contribution in [3.63, 3.8) is 0 Å². The summed E-state index contributed by atoms with van der Waals surface area (Å²) < 4.78 is 39.8. The van der Waals surface area contributed by atoms with Crippen molar-refractivity contribution in [3.05, 3.63) is 74.4 Å². The smallest absolute Gasteiger partial charge is 0.350 e. The lowest BCUT2D eigenvalue weighted by atomic mass is 10.2. The van der Waals surface area contributed by atoms with Gasteiger partial charge in [0.05, 0.1) is 56.3 Å². The van der Waals surface area contributed by atoms with Crippen LogP contribution in [0, 0.1) is 12.3 Å². The van der Waals surface area contributed by atoms with E-state index in [1.54, 1.807) is 10.6 Å². The van der Waals surface area contributed by atoms with Gasteiger partial charge in [-0.15, -0.1) is 11.5 Å². The first kappa shape index (κ1) is 38.0. The Labute approximate surface area is 311 Å². The van der Waals surface area contributed by atoms with Crippen LogP contribution in [0.2, 0.25) is 10.0 Å². The standard InChI is InChI=1S/C19H18N4O8.C15H13Cl2N3O2/c1-26-12-8-13(27-2)21-18(20-12)30-10-6-5-7-11(16(10)17(24)25)31-19-22-14(28-3)9-15(23-19)29-4;1-2-7-22-13-9-12(10(16)8-11(13)17)20-15(21)19-6-4-3-5-14(19)18-20/h5-9H,1-4H3,(H,24,25);1,8-9H,3-7H2. The second kappa shape index (κ2) is 17.3. The number of fused-ring (bicyclic) bond motifs is 1. The lowest BCUT2D eigenvalue weighted by Gasteiger charge is -2.13. The second-order valence-corrected chi connectivity index (χ2v) is 11.4. The molecule has 3 aromatic heterocycles. The molecule has 0 bridgehead atoms. The van der Waals surface area contributed by atoms with Gasteiger partial charge in [-0.2, -0.15) is 24.6 Å². The molecule has 0 aliphatic carbocycles. The third kappa shape index (κ3) is 8.98. The molecule has 0 saturated carbocycles. The van der Waals surface area contributed by atoms with Crippen LogP contribution in [0.1, 0.15) is 29.0 Å². The summed E-state index contributed by atoms with van der Waals surface area (Å²) in [4.78, 5) is 40.6. The fourth-order valence-corrected chi connectivity index (χ4v) is 5.35. The Morgan fingerprint density at radius 1 is 0.830 bits per heavy atom. The number of halogens is 2. The lowest BCUT2D eigenvalue weighted by molar-refractivity contribution is 0.0691. The van der Waals surface area contributed by atoms with Crippen LogP contribution in [0.5, 0.6) is 52.8 Å². The van der Waals surface area contributed by atoms with E-state index in [9.17, 15) is 14.7 Å². The van der Waals surface area contributed by atoms with Crippen molar-refractivity contribution in [2.75, 3.05) is 35.0 Å². The molecular formula is C34H31Cl2N7O10. The number of ether oxygens (including phenoxy) is 7. The molecule has 6 rings (SSSR count). The number of aromatic carboxylic acids is 1. The Bertz CT molecular complexity index is 2100.